The van der Waals surface area contributed by atoms with Crippen LogP contribution in [0.5, 0.6) is 11.5 Å². The first-order chi connectivity index (χ1) is 13.6. The largest absolute Gasteiger partial charge is 0.497 e. The second kappa shape index (κ2) is 9.26. The molecular weight excluding hydrogens is 358 g/mol. The SMILES string of the molecule is CCOC(=O)c1ccccc1OCCCC(=O)N1CCc2ccc(OC)cc21. The van der Waals surface area contributed by atoms with E-state index >= 15 is 0 Å². The van der Waals surface area contributed by atoms with Crippen molar-refractivity contribution in [2.45, 2.75) is 26.2 Å². The van der Waals surface area contributed by atoms with Crippen LogP contribution in [0.2, 0.25) is 0 Å². The van der Waals surface area contributed by atoms with Gasteiger partial charge in [-0.25, -0.2) is 4.79 Å². The molecule has 1 aliphatic heterocycles. The van der Waals surface area contributed by atoms with E-state index in [0.717, 1.165) is 23.4 Å². The molecule has 1 heterocycles. The van der Waals surface area contributed by atoms with E-state index in [9.17, 15) is 9.59 Å². The zero-order chi connectivity index (χ0) is 19.9. The Labute approximate surface area is 165 Å². The van der Waals surface area contributed by atoms with Crippen LogP contribution >= 0.6 is 0 Å². The van der Waals surface area contributed by atoms with Crippen molar-refractivity contribution in [2.75, 3.05) is 31.8 Å². The van der Waals surface area contributed by atoms with Gasteiger partial charge in [0.2, 0.25) is 5.91 Å². The maximum atomic E-state index is 12.6. The Bertz CT molecular complexity index is 849. The molecule has 1 amide bonds. The second-order valence-electron chi connectivity index (χ2n) is 6.46. The average Bonchev–Trinajstić information content (AvgIpc) is 3.14. The molecule has 6 heteroatoms. The molecule has 0 bridgehead atoms. The minimum atomic E-state index is -0.406. The lowest BCUT2D eigenvalue weighted by molar-refractivity contribution is -0.118. The summed E-state index contributed by atoms with van der Waals surface area (Å²) in [5.41, 5.74) is 2.49. The molecule has 0 aliphatic carbocycles. The standard InChI is InChI=1S/C22H25NO5/c1-3-27-22(25)18-7-4-5-8-20(18)28-14-6-9-21(24)23-13-12-16-10-11-17(26-2)15-19(16)23/h4-5,7-8,10-11,15H,3,6,9,12-14H2,1-2H3. The molecule has 0 saturated carbocycles. The maximum Gasteiger partial charge on any atom is 0.341 e. The predicted octanol–water partition coefficient (Wildman–Crippen LogP) is 3.62. The Morgan fingerprint density at radius 2 is 1.96 bits per heavy atom. The molecule has 2 aromatic carbocycles. The highest BCUT2D eigenvalue weighted by atomic mass is 16.5. The highest BCUT2D eigenvalue weighted by molar-refractivity contribution is 5.95. The highest BCUT2D eigenvalue weighted by Gasteiger charge is 2.24. The summed E-state index contributed by atoms with van der Waals surface area (Å²) in [6.07, 6.45) is 1.79. The third-order valence-corrected chi connectivity index (χ3v) is 4.66. The molecule has 0 unspecified atom stereocenters. The third-order valence-electron chi connectivity index (χ3n) is 4.66. The Hall–Kier alpha value is -3.02. The number of ether oxygens (including phenoxy) is 3. The number of methoxy groups -OCH3 is 1. The van der Waals surface area contributed by atoms with Gasteiger partial charge in [0.25, 0.3) is 0 Å². The summed E-state index contributed by atoms with van der Waals surface area (Å²) < 4.78 is 16.0. The number of fused-ring (bicyclic) bond motifs is 1. The lowest BCUT2D eigenvalue weighted by atomic mass is 10.1. The normalized spacial score (nSPS) is 12.4. The van der Waals surface area contributed by atoms with Crippen molar-refractivity contribution in [3.05, 3.63) is 53.6 Å². The van der Waals surface area contributed by atoms with Crippen LogP contribution in [0.1, 0.15) is 35.7 Å². The molecule has 3 rings (SSSR count). The summed E-state index contributed by atoms with van der Waals surface area (Å²) in [5, 5.41) is 0. The molecule has 0 saturated heterocycles. The monoisotopic (exact) mass is 383 g/mol. The number of rotatable bonds is 8. The van der Waals surface area contributed by atoms with Gasteiger partial charge in [0.15, 0.2) is 0 Å². The molecule has 0 radical (unpaired) electrons. The Kier molecular flexibility index (Phi) is 6.53. The van der Waals surface area contributed by atoms with Crippen molar-refractivity contribution >= 4 is 17.6 Å². The van der Waals surface area contributed by atoms with Gasteiger partial charge in [-0.3, -0.25) is 4.79 Å². The molecule has 2 aromatic rings. The molecule has 28 heavy (non-hydrogen) atoms. The fraction of sp³-hybridized carbons (Fsp3) is 0.364. The van der Waals surface area contributed by atoms with E-state index < -0.39 is 5.97 Å². The third kappa shape index (κ3) is 4.44. The van der Waals surface area contributed by atoms with E-state index in [0.29, 0.717) is 43.9 Å². The highest BCUT2D eigenvalue weighted by Crippen LogP contribution is 2.32. The van der Waals surface area contributed by atoms with Gasteiger partial charge < -0.3 is 19.1 Å². The van der Waals surface area contributed by atoms with Gasteiger partial charge >= 0.3 is 5.97 Å². The number of anilines is 1. The lowest BCUT2D eigenvalue weighted by Crippen LogP contribution is -2.29. The van der Waals surface area contributed by atoms with Gasteiger partial charge in [-0.05, 0) is 43.5 Å². The second-order valence-corrected chi connectivity index (χ2v) is 6.46. The van der Waals surface area contributed by atoms with Crippen LogP contribution in [0.25, 0.3) is 0 Å². The van der Waals surface area contributed by atoms with E-state index in [2.05, 4.69) is 0 Å². The van der Waals surface area contributed by atoms with E-state index in [-0.39, 0.29) is 5.91 Å². The molecule has 0 fully saturated rings. The van der Waals surface area contributed by atoms with Crippen LogP contribution < -0.4 is 14.4 Å². The molecule has 148 valence electrons. The number of esters is 1. The minimum Gasteiger partial charge on any atom is -0.497 e. The number of benzene rings is 2. The van der Waals surface area contributed by atoms with E-state index in [1.807, 2.05) is 23.1 Å². The van der Waals surface area contributed by atoms with Crippen molar-refractivity contribution in [3.63, 3.8) is 0 Å². The van der Waals surface area contributed by atoms with Crippen LogP contribution in [0.3, 0.4) is 0 Å². The summed E-state index contributed by atoms with van der Waals surface area (Å²) in [7, 11) is 1.62. The van der Waals surface area contributed by atoms with Gasteiger partial charge in [0.05, 0.1) is 26.0 Å². The molecular formula is C22H25NO5. The van der Waals surface area contributed by atoms with E-state index in [1.54, 1.807) is 38.3 Å². The van der Waals surface area contributed by atoms with Crippen LogP contribution in [-0.4, -0.2) is 38.7 Å². The maximum absolute atomic E-state index is 12.6. The van der Waals surface area contributed by atoms with Gasteiger partial charge in [-0.15, -0.1) is 0 Å². The van der Waals surface area contributed by atoms with Gasteiger partial charge in [0.1, 0.15) is 17.1 Å². The van der Waals surface area contributed by atoms with Gasteiger partial charge in [0, 0.05) is 19.0 Å². The van der Waals surface area contributed by atoms with E-state index in [4.69, 9.17) is 14.2 Å². The number of carbonyl (C=O) groups excluding carboxylic acids is 2. The topological polar surface area (TPSA) is 65.1 Å². The van der Waals surface area contributed by atoms with Crippen molar-refractivity contribution < 1.29 is 23.8 Å². The van der Waals surface area contributed by atoms with Crippen LogP contribution in [0.4, 0.5) is 5.69 Å². The van der Waals surface area contributed by atoms with Crippen molar-refractivity contribution in [1.29, 1.82) is 0 Å². The number of para-hydroxylation sites is 1. The number of nitrogens with zero attached hydrogens (tertiary/aromatic N) is 1. The van der Waals surface area contributed by atoms with Crippen molar-refractivity contribution in [3.8, 4) is 11.5 Å². The number of hydrogen-bond acceptors (Lipinski definition) is 5. The molecule has 0 N–H and O–H groups in total. The molecule has 6 nitrogen and oxygen atoms in total. The lowest BCUT2D eigenvalue weighted by Gasteiger charge is -2.18. The zero-order valence-electron chi connectivity index (χ0n) is 16.3. The summed E-state index contributed by atoms with van der Waals surface area (Å²) in [5.74, 6) is 0.882. The smallest absolute Gasteiger partial charge is 0.341 e. The average molecular weight is 383 g/mol. The summed E-state index contributed by atoms with van der Waals surface area (Å²) in [6, 6.07) is 12.8. The summed E-state index contributed by atoms with van der Waals surface area (Å²) in [6.45, 7) is 3.11. The quantitative estimate of drug-likeness (QED) is 0.515. The van der Waals surface area contributed by atoms with Crippen molar-refractivity contribution in [1.82, 2.24) is 0 Å². The predicted molar refractivity (Wildman–Crippen MR) is 106 cm³/mol. The number of carbonyl (C=O) groups is 2. The van der Waals surface area contributed by atoms with Gasteiger partial charge in [-0.1, -0.05) is 18.2 Å². The first-order valence-corrected chi connectivity index (χ1v) is 9.50. The Morgan fingerprint density at radius 3 is 2.75 bits per heavy atom. The zero-order valence-corrected chi connectivity index (χ0v) is 16.3. The molecule has 0 aromatic heterocycles. The molecule has 0 atom stereocenters. The number of hydrogen-bond donors (Lipinski definition) is 0. The fourth-order valence-electron chi connectivity index (χ4n) is 3.26. The summed E-state index contributed by atoms with van der Waals surface area (Å²) in [4.78, 5) is 26.4. The van der Waals surface area contributed by atoms with Gasteiger partial charge in [-0.2, -0.15) is 0 Å². The van der Waals surface area contributed by atoms with Crippen molar-refractivity contribution in [2.24, 2.45) is 0 Å². The van der Waals surface area contributed by atoms with Crippen LogP contribution in [-0.2, 0) is 16.0 Å². The minimum absolute atomic E-state index is 0.0641. The fourth-order valence-corrected chi connectivity index (χ4v) is 3.26. The summed E-state index contributed by atoms with van der Waals surface area (Å²) >= 11 is 0. The Balaban J connectivity index is 1.53. The molecule has 0 spiro atoms. The van der Waals surface area contributed by atoms with E-state index in [1.165, 1.54) is 0 Å². The first kappa shape index (κ1) is 19.7. The Morgan fingerprint density at radius 1 is 1.14 bits per heavy atom. The molecule has 1 aliphatic rings. The van der Waals surface area contributed by atoms with Crippen LogP contribution in [0, 0.1) is 0 Å². The van der Waals surface area contributed by atoms with Crippen LogP contribution in [0.15, 0.2) is 42.5 Å². The first-order valence-electron chi connectivity index (χ1n) is 9.50. The number of amides is 1.